The molecule has 1 saturated heterocycles. The van der Waals surface area contributed by atoms with Gasteiger partial charge in [0.05, 0.1) is 6.04 Å². The number of likely N-dealkylation sites (tertiary alicyclic amines) is 1. The van der Waals surface area contributed by atoms with Gasteiger partial charge in [0.2, 0.25) is 0 Å². The van der Waals surface area contributed by atoms with E-state index in [9.17, 15) is 14.4 Å². The lowest BCUT2D eigenvalue weighted by atomic mass is 10.0. The standard InChI is InChI=1S/C18H26N4O4/c23-16(24)10-6-11-19-18(26)22-12-5-4-9-15(22)13-20-17(25)21-14-7-2-1-3-8-14/h1-3,7-8,15H,4-6,9-13H2,(H,19,26)(H,23,24)(H2,20,21,25). The molecule has 26 heavy (non-hydrogen) atoms. The number of anilines is 1. The van der Waals surface area contributed by atoms with Gasteiger partial charge in [-0.25, -0.2) is 9.59 Å². The van der Waals surface area contributed by atoms with Gasteiger partial charge in [-0.3, -0.25) is 4.79 Å². The van der Waals surface area contributed by atoms with Crippen molar-refractivity contribution in [2.45, 2.75) is 38.1 Å². The molecule has 1 aliphatic rings. The number of urea groups is 2. The van der Waals surface area contributed by atoms with Crippen LogP contribution in [0.1, 0.15) is 32.1 Å². The first-order valence-electron chi connectivity index (χ1n) is 8.92. The summed E-state index contributed by atoms with van der Waals surface area (Å²) >= 11 is 0. The summed E-state index contributed by atoms with van der Waals surface area (Å²) in [6.07, 6.45) is 3.20. The Morgan fingerprint density at radius 2 is 1.88 bits per heavy atom. The lowest BCUT2D eigenvalue weighted by Crippen LogP contribution is -2.53. The maximum Gasteiger partial charge on any atom is 0.319 e. The third-order valence-corrected chi connectivity index (χ3v) is 4.26. The smallest absolute Gasteiger partial charge is 0.319 e. The Kier molecular flexibility index (Phi) is 7.73. The number of carboxylic acids is 1. The summed E-state index contributed by atoms with van der Waals surface area (Å²) in [5, 5.41) is 17.0. The average molecular weight is 362 g/mol. The van der Waals surface area contributed by atoms with Gasteiger partial charge < -0.3 is 26.0 Å². The first-order valence-corrected chi connectivity index (χ1v) is 8.92. The number of aliphatic carboxylic acids is 1. The molecule has 1 aromatic carbocycles. The molecule has 4 amide bonds. The van der Waals surface area contributed by atoms with Gasteiger partial charge in [0.15, 0.2) is 0 Å². The van der Waals surface area contributed by atoms with Crippen molar-refractivity contribution < 1.29 is 19.5 Å². The van der Waals surface area contributed by atoms with Crippen LogP contribution in [0.4, 0.5) is 15.3 Å². The largest absolute Gasteiger partial charge is 0.481 e. The Morgan fingerprint density at radius 1 is 1.12 bits per heavy atom. The second kappa shape index (κ2) is 10.3. The number of carbonyl (C=O) groups excluding carboxylic acids is 2. The second-order valence-electron chi connectivity index (χ2n) is 6.27. The average Bonchev–Trinajstić information content (AvgIpc) is 2.64. The van der Waals surface area contributed by atoms with E-state index in [0.29, 0.717) is 31.7 Å². The number of carbonyl (C=O) groups is 3. The molecule has 0 radical (unpaired) electrons. The van der Waals surface area contributed by atoms with Gasteiger partial charge in [-0.15, -0.1) is 0 Å². The van der Waals surface area contributed by atoms with Crippen LogP contribution in [0.25, 0.3) is 0 Å². The van der Waals surface area contributed by atoms with E-state index in [4.69, 9.17) is 5.11 Å². The molecule has 1 heterocycles. The van der Waals surface area contributed by atoms with Crippen LogP contribution in [0, 0.1) is 0 Å². The fraction of sp³-hybridized carbons (Fsp3) is 0.500. The summed E-state index contributed by atoms with van der Waals surface area (Å²) in [5.74, 6) is -0.872. The number of carboxylic acid groups (broad SMARTS) is 1. The Labute approximate surface area is 152 Å². The third kappa shape index (κ3) is 6.62. The Morgan fingerprint density at radius 3 is 2.62 bits per heavy atom. The molecule has 0 saturated carbocycles. The van der Waals surface area contributed by atoms with Crippen LogP contribution >= 0.6 is 0 Å². The van der Waals surface area contributed by atoms with Crippen LogP contribution in [-0.4, -0.2) is 53.7 Å². The zero-order valence-corrected chi connectivity index (χ0v) is 14.7. The molecule has 2 rings (SSSR count). The zero-order valence-electron chi connectivity index (χ0n) is 14.7. The molecular formula is C18H26N4O4. The molecular weight excluding hydrogens is 336 g/mol. The quantitative estimate of drug-likeness (QED) is 0.557. The SMILES string of the molecule is O=C(O)CCCNC(=O)N1CCCCC1CNC(=O)Nc1ccccc1. The van der Waals surface area contributed by atoms with Crippen molar-refractivity contribution in [2.24, 2.45) is 0 Å². The van der Waals surface area contributed by atoms with E-state index in [1.165, 1.54) is 0 Å². The van der Waals surface area contributed by atoms with Crippen molar-refractivity contribution in [3.63, 3.8) is 0 Å². The molecule has 1 atom stereocenters. The number of hydrogen-bond donors (Lipinski definition) is 4. The predicted octanol–water partition coefficient (Wildman–Crippen LogP) is 2.24. The number of para-hydroxylation sites is 1. The minimum Gasteiger partial charge on any atom is -0.481 e. The van der Waals surface area contributed by atoms with Crippen LogP contribution in [0.15, 0.2) is 30.3 Å². The van der Waals surface area contributed by atoms with Crippen molar-refractivity contribution in [1.29, 1.82) is 0 Å². The highest BCUT2D eigenvalue weighted by Crippen LogP contribution is 2.16. The fourth-order valence-corrected chi connectivity index (χ4v) is 2.92. The van der Waals surface area contributed by atoms with Crippen LogP contribution in [0.5, 0.6) is 0 Å². The Balaban J connectivity index is 1.77. The molecule has 0 spiro atoms. The maximum absolute atomic E-state index is 12.3. The predicted molar refractivity (Wildman–Crippen MR) is 98.1 cm³/mol. The lowest BCUT2D eigenvalue weighted by Gasteiger charge is -2.35. The molecule has 0 aliphatic carbocycles. The van der Waals surface area contributed by atoms with Crippen molar-refractivity contribution in [2.75, 3.05) is 25.0 Å². The minimum atomic E-state index is -0.872. The van der Waals surface area contributed by atoms with E-state index in [0.717, 1.165) is 19.3 Å². The van der Waals surface area contributed by atoms with Gasteiger partial charge >= 0.3 is 18.0 Å². The van der Waals surface area contributed by atoms with Gasteiger partial charge in [0, 0.05) is 31.7 Å². The minimum absolute atomic E-state index is 0.0327. The second-order valence-corrected chi connectivity index (χ2v) is 6.27. The number of nitrogens with zero attached hydrogens (tertiary/aromatic N) is 1. The first-order chi connectivity index (χ1) is 12.6. The Bertz CT molecular complexity index is 608. The van der Waals surface area contributed by atoms with Gasteiger partial charge in [-0.05, 0) is 37.8 Å². The Hall–Kier alpha value is -2.77. The molecule has 4 N–H and O–H groups in total. The summed E-state index contributed by atoms with van der Waals surface area (Å²) in [6, 6.07) is 8.59. The van der Waals surface area contributed by atoms with Crippen LogP contribution in [-0.2, 0) is 4.79 Å². The summed E-state index contributed by atoms with van der Waals surface area (Å²) in [5.41, 5.74) is 0.710. The molecule has 0 bridgehead atoms. The van der Waals surface area contributed by atoms with Crippen LogP contribution in [0.2, 0.25) is 0 Å². The maximum atomic E-state index is 12.3. The molecule has 1 fully saturated rings. The molecule has 8 heteroatoms. The number of rotatable bonds is 7. The van der Waals surface area contributed by atoms with Crippen LogP contribution < -0.4 is 16.0 Å². The topological polar surface area (TPSA) is 111 Å². The summed E-state index contributed by atoms with van der Waals surface area (Å²) in [7, 11) is 0. The van der Waals surface area contributed by atoms with Gasteiger partial charge in [-0.2, -0.15) is 0 Å². The first kappa shape index (κ1) is 19.6. The zero-order chi connectivity index (χ0) is 18.8. The summed E-state index contributed by atoms with van der Waals surface area (Å²) in [4.78, 5) is 36.6. The molecule has 8 nitrogen and oxygen atoms in total. The molecule has 1 aromatic rings. The number of piperidine rings is 1. The van der Waals surface area contributed by atoms with Crippen LogP contribution in [0.3, 0.4) is 0 Å². The van der Waals surface area contributed by atoms with E-state index in [1.54, 1.807) is 17.0 Å². The summed E-state index contributed by atoms with van der Waals surface area (Å²) < 4.78 is 0. The van der Waals surface area contributed by atoms with Crippen molar-refractivity contribution in [3.05, 3.63) is 30.3 Å². The van der Waals surface area contributed by atoms with Crippen molar-refractivity contribution in [1.82, 2.24) is 15.5 Å². The van der Waals surface area contributed by atoms with Crippen molar-refractivity contribution in [3.8, 4) is 0 Å². The monoisotopic (exact) mass is 362 g/mol. The number of hydrogen-bond acceptors (Lipinski definition) is 3. The molecule has 1 unspecified atom stereocenters. The highest BCUT2D eigenvalue weighted by atomic mass is 16.4. The van der Waals surface area contributed by atoms with Crippen molar-refractivity contribution >= 4 is 23.7 Å². The van der Waals surface area contributed by atoms with E-state index < -0.39 is 5.97 Å². The van der Waals surface area contributed by atoms with E-state index >= 15 is 0 Å². The molecule has 0 aromatic heterocycles. The van der Waals surface area contributed by atoms with Gasteiger partial charge in [0.25, 0.3) is 0 Å². The highest BCUT2D eigenvalue weighted by molar-refractivity contribution is 5.89. The number of amides is 4. The highest BCUT2D eigenvalue weighted by Gasteiger charge is 2.26. The summed E-state index contributed by atoms with van der Waals surface area (Å²) in [6.45, 7) is 1.34. The normalized spacial score (nSPS) is 16.6. The van der Waals surface area contributed by atoms with Gasteiger partial charge in [0.1, 0.15) is 0 Å². The van der Waals surface area contributed by atoms with E-state index in [-0.39, 0.29) is 24.5 Å². The third-order valence-electron chi connectivity index (χ3n) is 4.26. The van der Waals surface area contributed by atoms with E-state index in [2.05, 4.69) is 16.0 Å². The lowest BCUT2D eigenvalue weighted by molar-refractivity contribution is -0.137. The molecule has 142 valence electrons. The number of nitrogens with one attached hydrogen (secondary N) is 3. The fourth-order valence-electron chi connectivity index (χ4n) is 2.92. The molecule has 1 aliphatic heterocycles. The number of benzene rings is 1. The van der Waals surface area contributed by atoms with E-state index in [1.807, 2.05) is 18.2 Å². The van der Waals surface area contributed by atoms with Gasteiger partial charge in [-0.1, -0.05) is 18.2 Å².